The average molecular weight is 244 g/mol. The van der Waals surface area contributed by atoms with Crippen molar-refractivity contribution in [2.75, 3.05) is 44.3 Å². The van der Waals surface area contributed by atoms with Gasteiger partial charge in [-0.05, 0) is 19.8 Å². The van der Waals surface area contributed by atoms with Crippen molar-refractivity contribution in [2.45, 2.75) is 31.9 Å². The van der Waals surface area contributed by atoms with Crippen molar-refractivity contribution in [2.24, 2.45) is 0 Å². The van der Waals surface area contributed by atoms with E-state index in [1.807, 2.05) is 0 Å². The molecule has 2 fully saturated rings. The van der Waals surface area contributed by atoms with Crippen molar-refractivity contribution in [1.82, 2.24) is 10.2 Å². The van der Waals surface area contributed by atoms with Gasteiger partial charge >= 0.3 is 0 Å². The molecule has 2 rings (SSSR count). The molecule has 16 heavy (non-hydrogen) atoms. The highest BCUT2D eigenvalue weighted by Crippen LogP contribution is 2.22. The second-order valence-electron chi connectivity index (χ2n) is 4.65. The molecular weight excluding hydrogens is 220 g/mol. The van der Waals surface area contributed by atoms with Crippen LogP contribution in [0.25, 0.3) is 0 Å². The number of nitrogens with zero attached hydrogens (tertiary/aromatic N) is 1. The molecule has 2 aliphatic rings. The van der Waals surface area contributed by atoms with Gasteiger partial charge in [-0.2, -0.15) is 11.8 Å². The Labute approximate surface area is 103 Å². The molecular formula is C12H24N2OS. The van der Waals surface area contributed by atoms with E-state index in [1.165, 1.54) is 44.0 Å². The van der Waals surface area contributed by atoms with E-state index in [0.717, 1.165) is 19.2 Å². The first-order valence-electron chi connectivity index (χ1n) is 6.53. The molecule has 4 heteroatoms. The molecule has 1 saturated heterocycles. The second-order valence-corrected chi connectivity index (χ2v) is 5.88. The summed E-state index contributed by atoms with van der Waals surface area (Å²) in [5.41, 5.74) is 0. The number of nitrogens with one attached hydrogen (secondary N) is 1. The van der Waals surface area contributed by atoms with Gasteiger partial charge in [0.1, 0.15) is 0 Å². The van der Waals surface area contributed by atoms with Crippen LogP contribution < -0.4 is 5.32 Å². The summed E-state index contributed by atoms with van der Waals surface area (Å²) in [6.45, 7) is 7.86. The summed E-state index contributed by atoms with van der Waals surface area (Å²) < 4.78 is 5.55. The van der Waals surface area contributed by atoms with Gasteiger partial charge < -0.3 is 15.0 Å². The summed E-state index contributed by atoms with van der Waals surface area (Å²) in [6.07, 6.45) is 2.96. The Kier molecular flexibility index (Phi) is 5.42. The second kappa shape index (κ2) is 6.84. The number of hydrogen-bond donors (Lipinski definition) is 1. The monoisotopic (exact) mass is 244 g/mol. The van der Waals surface area contributed by atoms with Gasteiger partial charge in [-0.1, -0.05) is 0 Å². The van der Waals surface area contributed by atoms with E-state index in [4.69, 9.17) is 4.74 Å². The molecule has 0 bridgehead atoms. The molecule has 1 saturated carbocycles. The highest BCUT2D eigenvalue weighted by Gasteiger charge is 2.28. The molecule has 1 N–H and O–H groups in total. The molecule has 1 heterocycles. The normalized spacial score (nSPS) is 31.3. The highest BCUT2D eigenvalue weighted by atomic mass is 32.2. The molecule has 0 amide bonds. The predicted molar refractivity (Wildman–Crippen MR) is 70.2 cm³/mol. The van der Waals surface area contributed by atoms with Crippen molar-refractivity contribution in [3.8, 4) is 0 Å². The maximum absolute atomic E-state index is 5.55. The Hall–Kier alpha value is 0.230. The molecule has 0 unspecified atom stereocenters. The maximum atomic E-state index is 5.55. The maximum Gasteiger partial charge on any atom is 0.0604 e. The fourth-order valence-corrected chi connectivity index (χ4v) is 3.33. The van der Waals surface area contributed by atoms with Gasteiger partial charge in [0.05, 0.1) is 6.10 Å². The van der Waals surface area contributed by atoms with Gasteiger partial charge in [-0.25, -0.2) is 0 Å². The van der Waals surface area contributed by atoms with Crippen LogP contribution in [0.4, 0.5) is 0 Å². The Morgan fingerprint density at radius 1 is 1.31 bits per heavy atom. The van der Waals surface area contributed by atoms with Crippen molar-refractivity contribution in [3.05, 3.63) is 0 Å². The Morgan fingerprint density at radius 2 is 2.06 bits per heavy atom. The SMILES string of the molecule is CCOC1CC(NCCN2CCSCC2)C1. The van der Waals surface area contributed by atoms with Gasteiger partial charge in [0, 0.05) is 50.3 Å². The van der Waals surface area contributed by atoms with Crippen LogP contribution in [0.2, 0.25) is 0 Å². The molecule has 0 spiro atoms. The summed E-state index contributed by atoms with van der Waals surface area (Å²) in [4.78, 5) is 2.57. The number of rotatable bonds is 6. The Balaban J connectivity index is 1.46. The van der Waals surface area contributed by atoms with Crippen molar-refractivity contribution >= 4 is 11.8 Å². The minimum atomic E-state index is 0.536. The van der Waals surface area contributed by atoms with Crippen LogP contribution in [-0.4, -0.2) is 61.3 Å². The number of hydrogen-bond acceptors (Lipinski definition) is 4. The van der Waals surface area contributed by atoms with E-state index in [2.05, 4.69) is 28.9 Å². The standard InChI is InChI=1S/C12H24N2OS/c1-2-15-12-9-11(10-12)13-3-4-14-5-7-16-8-6-14/h11-13H,2-10H2,1H3. The van der Waals surface area contributed by atoms with Crippen LogP contribution in [0.5, 0.6) is 0 Å². The van der Waals surface area contributed by atoms with Crippen LogP contribution in [-0.2, 0) is 4.74 Å². The first kappa shape index (κ1) is 12.7. The fraction of sp³-hybridized carbons (Fsp3) is 1.00. The molecule has 1 aliphatic heterocycles. The zero-order valence-corrected chi connectivity index (χ0v) is 11.1. The fourth-order valence-electron chi connectivity index (χ4n) is 2.36. The molecule has 0 aromatic rings. The summed E-state index contributed by atoms with van der Waals surface area (Å²) in [5.74, 6) is 2.63. The smallest absolute Gasteiger partial charge is 0.0604 e. The number of ether oxygens (including phenoxy) is 1. The lowest BCUT2D eigenvalue weighted by Gasteiger charge is -2.36. The quantitative estimate of drug-likeness (QED) is 0.758. The van der Waals surface area contributed by atoms with Crippen LogP contribution in [0, 0.1) is 0 Å². The van der Waals surface area contributed by atoms with Crippen LogP contribution in [0.1, 0.15) is 19.8 Å². The molecule has 0 aromatic carbocycles. The van der Waals surface area contributed by atoms with Crippen molar-refractivity contribution < 1.29 is 4.74 Å². The minimum absolute atomic E-state index is 0.536. The third-order valence-electron chi connectivity index (χ3n) is 3.46. The summed E-state index contributed by atoms with van der Waals surface area (Å²) >= 11 is 2.08. The summed E-state index contributed by atoms with van der Waals surface area (Å²) in [7, 11) is 0. The van der Waals surface area contributed by atoms with Crippen molar-refractivity contribution in [1.29, 1.82) is 0 Å². The van der Waals surface area contributed by atoms with E-state index in [1.54, 1.807) is 0 Å². The van der Waals surface area contributed by atoms with E-state index in [0.29, 0.717) is 6.10 Å². The van der Waals surface area contributed by atoms with Gasteiger partial charge in [0.25, 0.3) is 0 Å². The van der Waals surface area contributed by atoms with Crippen LogP contribution >= 0.6 is 11.8 Å². The minimum Gasteiger partial charge on any atom is -0.378 e. The first-order chi connectivity index (χ1) is 7.88. The lowest BCUT2D eigenvalue weighted by Crippen LogP contribution is -2.48. The van der Waals surface area contributed by atoms with E-state index in [9.17, 15) is 0 Å². The Morgan fingerprint density at radius 3 is 2.75 bits per heavy atom. The predicted octanol–water partition coefficient (Wildman–Crippen LogP) is 1.19. The third kappa shape index (κ3) is 3.91. The molecule has 0 radical (unpaired) electrons. The average Bonchev–Trinajstić information content (AvgIpc) is 2.27. The summed E-state index contributed by atoms with van der Waals surface area (Å²) in [5, 5.41) is 3.63. The van der Waals surface area contributed by atoms with E-state index >= 15 is 0 Å². The van der Waals surface area contributed by atoms with E-state index in [-0.39, 0.29) is 0 Å². The Bertz CT molecular complexity index is 191. The lowest BCUT2D eigenvalue weighted by molar-refractivity contribution is -0.0101. The first-order valence-corrected chi connectivity index (χ1v) is 7.69. The molecule has 94 valence electrons. The van der Waals surface area contributed by atoms with E-state index < -0.39 is 0 Å². The van der Waals surface area contributed by atoms with Crippen LogP contribution in [0.3, 0.4) is 0 Å². The van der Waals surface area contributed by atoms with Gasteiger partial charge in [-0.3, -0.25) is 0 Å². The summed E-state index contributed by atoms with van der Waals surface area (Å²) in [6, 6.07) is 0.718. The van der Waals surface area contributed by atoms with Crippen molar-refractivity contribution in [3.63, 3.8) is 0 Å². The molecule has 0 atom stereocenters. The van der Waals surface area contributed by atoms with Crippen LogP contribution in [0.15, 0.2) is 0 Å². The molecule has 3 nitrogen and oxygen atoms in total. The van der Waals surface area contributed by atoms with Gasteiger partial charge in [0.2, 0.25) is 0 Å². The zero-order valence-electron chi connectivity index (χ0n) is 10.3. The largest absolute Gasteiger partial charge is 0.378 e. The number of thioether (sulfide) groups is 1. The molecule has 1 aliphatic carbocycles. The third-order valence-corrected chi connectivity index (χ3v) is 4.40. The molecule has 0 aromatic heterocycles. The highest BCUT2D eigenvalue weighted by molar-refractivity contribution is 7.99. The van der Waals surface area contributed by atoms with Gasteiger partial charge in [-0.15, -0.1) is 0 Å². The zero-order chi connectivity index (χ0) is 11.2. The van der Waals surface area contributed by atoms with Gasteiger partial charge in [0.15, 0.2) is 0 Å². The topological polar surface area (TPSA) is 24.5 Å². The lowest BCUT2D eigenvalue weighted by atomic mass is 9.89.